The zero-order valence-corrected chi connectivity index (χ0v) is 18.9. The fourth-order valence-electron chi connectivity index (χ4n) is 3.44. The summed E-state index contributed by atoms with van der Waals surface area (Å²) < 4.78 is 11.4. The summed E-state index contributed by atoms with van der Waals surface area (Å²) in [5, 5.41) is 5.04. The number of ether oxygens (including phenoxy) is 2. The normalized spacial score (nSPS) is 12.3. The molecule has 2 heterocycles. The molecule has 0 saturated carbocycles. The number of para-hydroxylation sites is 1. The lowest BCUT2D eigenvalue weighted by Gasteiger charge is -2.10. The van der Waals surface area contributed by atoms with Crippen molar-refractivity contribution in [3.8, 4) is 11.5 Å². The van der Waals surface area contributed by atoms with Crippen molar-refractivity contribution in [2.75, 3.05) is 7.11 Å². The Balaban J connectivity index is 1.40. The molecule has 4 rings (SSSR count). The SMILES string of the molecule is COc1cc(OCc2ccccn2)ccc1/C=C/C(/C=C/C=C/c1cccc2cc[nH]c12)=N/N. The topological polar surface area (TPSA) is 85.5 Å². The largest absolute Gasteiger partial charge is 0.496 e. The Labute approximate surface area is 198 Å². The van der Waals surface area contributed by atoms with Gasteiger partial charge in [0.15, 0.2) is 0 Å². The van der Waals surface area contributed by atoms with Crippen molar-refractivity contribution in [1.29, 1.82) is 0 Å². The number of hydrogen-bond acceptors (Lipinski definition) is 5. The van der Waals surface area contributed by atoms with Crippen LogP contribution in [-0.4, -0.2) is 22.8 Å². The highest BCUT2D eigenvalue weighted by Gasteiger charge is 2.04. The van der Waals surface area contributed by atoms with Gasteiger partial charge in [-0.1, -0.05) is 42.5 Å². The van der Waals surface area contributed by atoms with E-state index in [1.807, 2.05) is 85.1 Å². The summed E-state index contributed by atoms with van der Waals surface area (Å²) in [7, 11) is 1.63. The molecule has 0 aliphatic heterocycles. The Morgan fingerprint density at radius 1 is 1.00 bits per heavy atom. The number of allylic oxidation sites excluding steroid dienone is 4. The molecule has 34 heavy (non-hydrogen) atoms. The summed E-state index contributed by atoms with van der Waals surface area (Å²) in [5.41, 5.74) is 4.60. The number of benzene rings is 2. The number of methoxy groups -OCH3 is 1. The molecule has 0 saturated heterocycles. The van der Waals surface area contributed by atoms with Gasteiger partial charge in [-0.15, -0.1) is 0 Å². The number of pyridine rings is 1. The molecule has 0 fully saturated rings. The molecule has 0 radical (unpaired) electrons. The van der Waals surface area contributed by atoms with Gasteiger partial charge < -0.3 is 20.3 Å². The zero-order chi connectivity index (χ0) is 23.6. The molecule has 0 unspecified atom stereocenters. The minimum absolute atomic E-state index is 0.389. The average molecular weight is 451 g/mol. The van der Waals surface area contributed by atoms with Crippen LogP contribution >= 0.6 is 0 Å². The molecule has 2 aromatic carbocycles. The number of nitrogens with one attached hydrogen (secondary N) is 1. The van der Waals surface area contributed by atoms with Crippen LogP contribution in [0.25, 0.3) is 23.1 Å². The first-order chi connectivity index (χ1) is 16.8. The summed E-state index contributed by atoms with van der Waals surface area (Å²) in [6.07, 6.45) is 15.2. The van der Waals surface area contributed by atoms with E-state index in [1.54, 1.807) is 13.3 Å². The van der Waals surface area contributed by atoms with Crippen LogP contribution in [0.5, 0.6) is 11.5 Å². The number of aromatic nitrogens is 2. The van der Waals surface area contributed by atoms with Crippen LogP contribution < -0.4 is 15.3 Å². The number of nitrogens with two attached hydrogens (primary N) is 1. The second kappa shape index (κ2) is 11.3. The van der Waals surface area contributed by atoms with E-state index in [-0.39, 0.29) is 0 Å². The highest BCUT2D eigenvalue weighted by Crippen LogP contribution is 2.26. The van der Waals surface area contributed by atoms with Gasteiger partial charge in [-0.3, -0.25) is 4.98 Å². The zero-order valence-electron chi connectivity index (χ0n) is 18.9. The molecule has 0 bridgehead atoms. The summed E-state index contributed by atoms with van der Waals surface area (Å²) in [5.74, 6) is 6.97. The molecule has 0 atom stereocenters. The second-order valence-corrected chi connectivity index (χ2v) is 7.41. The van der Waals surface area contributed by atoms with E-state index in [1.165, 1.54) is 5.39 Å². The number of rotatable bonds is 9. The van der Waals surface area contributed by atoms with E-state index >= 15 is 0 Å². The third kappa shape index (κ3) is 5.81. The number of fused-ring (bicyclic) bond motifs is 1. The van der Waals surface area contributed by atoms with Crippen molar-refractivity contribution in [3.63, 3.8) is 0 Å². The van der Waals surface area contributed by atoms with Gasteiger partial charge in [0, 0.05) is 24.0 Å². The van der Waals surface area contributed by atoms with Gasteiger partial charge in [-0.2, -0.15) is 5.10 Å². The van der Waals surface area contributed by atoms with Crippen LogP contribution in [0, 0.1) is 0 Å². The Kier molecular flexibility index (Phi) is 7.54. The predicted molar refractivity (Wildman–Crippen MR) is 139 cm³/mol. The molecule has 0 spiro atoms. The standard InChI is InChI=1S/C28H26N4O2/c1-33-27-19-26(34-20-25-11-4-5-17-30-25)15-13-21(27)12-14-24(32-29)10-3-2-7-22-8-6-9-23-16-18-31-28(22)23/h2-19,31H,20,29H2,1H3/b7-2+,10-3+,14-12+,32-24+. The minimum Gasteiger partial charge on any atom is -0.496 e. The molecule has 0 amide bonds. The van der Waals surface area contributed by atoms with Crippen LogP contribution in [0.1, 0.15) is 16.8 Å². The lowest BCUT2D eigenvalue weighted by molar-refractivity contribution is 0.299. The van der Waals surface area contributed by atoms with Gasteiger partial charge in [0.05, 0.1) is 24.0 Å². The van der Waals surface area contributed by atoms with Crippen LogP contribution in [-0.2, 0) is 6.61 Å². The lowest BCUT2D eigenvalue weighted by atomic mass is 10.1. The van der Waals surface area contributed by atoms with E-state index in [0.29, 0.717) is 23.8 Å². The molecular formula is C28H26N4O2. The van der Waals surface area contributed by atoms with Gasteiger partial charge in [-0.05, 0) is 59.5 Å². The summed E-state index contributed by atoms with van der Waals surface area (Å²) in [6, 6.07) is 19.6. The Morgan fingerprint density at radius 3 is 2.76 bits per heavy atom. The smallest absolute Gasteiger partial charge is 0.130 e. The molecule has 6 heteroatoms. The van der Waals surface area contributed by atoms with E-state index < -0.39 is 0 Å². The van der Waals surface area contributed by atoms with Crippen molar-refractivity contribution >= 4 is 28.8 Å². The summed E-state index contributed by atoms with van der Waals surface area (Å²) >= 11 is 0. The first kappa shape index (κ1) is 22.6. The highest BCUT2D eigenvalue weighted by atomic mass is 16.5. The monoisotopic (exact) mass is 450 g/mol. The number of hydrazone groups is 1. The number of aromatic amines is 1. The van der Waals surface area contributed by atoms with Crippen molar-refractivity contribution < 1.29 is 9.47 Å². The molecule has 3 N–H and O–H groups in total. The van der Waals surface area contributed by atoms with Crippen LogP contribution in [0.4, 0.5) is 0 Å². The van der Waals surface area contributed by atoms with Crippen LogP contribution in [0.15, 0.2) is 102 Å². The van der Waals surface area contributed by atoms with E-state index in [0.717, 1.165) is 22.3 Å². The van der Waals surface area contributed by atoms with Gasteiger partial charge in [0.25, 0.3) is 0 Å². The maximum atomic E-state index is 5.83. The predicted octanol–water partition coefficient (Wildman–Crippen LogP) is 5.75. The maximum Gasteiger partial charge on any atom is 0.130 e. The molecule has 170 valence electrons. The second-order valence-electron chi connectivity index (χ2n) is 7.41. The summed E-state index contributed by atoms with van der Waals surface area (Å²) in [4.78, 5) is 7.53. The highest BCUT2D eigenvalue weighted by molar-refractivity contribution is 6.06. The molecule has 0 aliphatic carbocycles. The molecule has 4 aromatic rings. The van der Waals surface area contributed by atoms with Gasteiger partial charge in [0.2, 0.25) is 0 Å². The Morgan fingerprint density at radius 2 is 1.94 bits per heavy atom. The minimum atomic E-state index is 0.389. The first-order valence-electron chi connectivity index (χ1n) is 10.8. The van der Waals surface area contributed by atoms with Gasteiger partial charge >= 0.3 is 0 Å². The number of nitrogens with zero attached hydrogens (tertiary/aromatic N) is 2. The van der Waals surface area contributed by atoms with Gasteiger partial charge in [-0.25, -0.2) is 0 Å². The third-order valence-electron chi connectivity index (χ3n) is 5.17. The van der Waals surface area contributed by atoms with Crippen molar-refractivity contribution in [3.05, 3.63) is 114 Å². The Hall–Kier alpha value is -4.58. The molecular weight excluding hydrogens is 424 g/mol. The summed E-state index contributed by atoms with van der Waals surface area (Å²) in [6.45, 7) is 0.389. The number of hydrogen-bond donors (Lipinski definition) is 2. The number of H-pyrrole nitrogens is 1. The average Bonchev–Trinajstić information content (AvgIpc) is 3.37. The van der Waals surface area contributed by atoms with E-state index in [9.17, 15) is 0 Å². The van der Waals surface area contributed by atoms with Crippen molar-refractivity contribution in [2.45, 2.75) is 6.61 Å². The third-order valence-corrected chi connectivity index (χ3v) is 5.17. The van der Waals surface area contributed by atoms with Gasteiger partial charge in [0.1, 0.15) is 18.1 Å². The fourth-order valence-corrected chi connectivity index (χ4v) is 3.44. The van der Waals surface area contributed by atoms with Crippen molar-refractivity contribution in [2.24, 2.45) is 10.9 Å². The van der Waals surface area contributed by atoms with Crippen LogP contribution in [0.3, 0.4) is 0 Å². The molecule has 0 aliphatic rings. The van der Waals surface area contributed by atoms with E-state index in [2.05, 4.69) is 33.3 Å². The van der Waals surface area contributed by atoms with E-state index in [4.69, 9.17) is 15.3 Å². The fraction of sp³-hybridized carbons (Fsp3) is 0.0714. The van der Waals surface area contributed by atoms with Crippen molar-refractivity contribution in [1.82, 2.24) is 9.97 Å². The Bertz CT molecular complexity index is 1350. The molecule has 6 nitrogen and oxygen atoms in total. The molecule has 2 aromatic heterocycles. The lowest BCUT2D eigenvalue weighted by Crippen LogP contribution is -1.98. The quantitative estimate of drug-likeness (QED) is 0.147. The first-order valence-corrected chi connectivity index (χ1v) is 10.8. The van der Waals surface area contributed by atoms with Crippen LogP contribution in [0.2, 0.25) is 0 Å². The maximum absolute atomic E-state index is 5.83.